The van der Waals surface area contributed by atoms with Gasteiger partial charge in [0.15, 0.2) is 5.84 Å². The molecule has 0 aliphatic carbocycles. The molecule has 3 N–H and O–H groups in total. The minimum atomic E-state index is -1.36. The topological polar surface area (TPSA) is 142 Å². The number of nitrogens with one attached hydrogen (secondary N) is 2. The van der Waals surface area contributed by atoms with Crippen LogP contribution in [-0.2, 0) is 4.84 Å². The molecule has 1 aromatic heterocycles. The number of carboxylic acid groups (broad SMARTS) is 1. The zero-order valence-corrected chi connectivity index (χ0v) is 13.9. The van der Waals surface area contributed by atoms with Crippen molar-refractivity contribution in [2.45, 2.75) is 0 Å². The van der Waals surface area contributed by atoms with Crippen LogP contribution in [-0.4, -0.2) is 52.1 Å². The van der Waals surface area contributed by atoms with Crippen molar-refractivity contribution in [1.82, 2.24) is 15.4 Å². The number of hydroxylamine groups is 2. The monoisotopic (exact) mass is 376 g/mol. The second-order valence-electron chi connectivity index (χ2n) is 4.94. The van der Waals surface area contributed by atoms with E-state index >= 15 is 0 Å². The van der Waals surface area contributed by atoms with Crippen LogP contribution in [0, 0.1) is 5.41 Å². The van der Waals surface area contributed by atoms with Crippen molar-refractivity contribution in [2.75, 3.05) is 13.2 Å². The van der Waals surface area contributed by atoms with E-state index in [0.29, 0.717) is 5.06 Å². The van der Waals surface area contributed by atoms with E-state index in [1.54, 1.807) is 24.3 Å². The number of hydrogen-bond donors (Lipinski definition) is 3. The second-order valence-corrected chi connectivity index (χ2v) is 5.76. The molecule has 1 aliphatic heterocycles. The predicted molar refractivity (Wildman–Crippen MR) is 88.5 cm³/mol. The Morgan fingerprint density at radius 2 is 1.88 bits per heavy atom. The first-order chi connectivity index (χ1) is 12.5. The Bertz CT molecular complexity index is 861. The first-order valence-electron chi connectivity index (χ1n) is 7.25. The molecule has 2 heterocycles. The predicted octanol–water partition coefficient (Wildman–Crippen LogP) is 1.34. The summed E-state index contributed by atoms with van der Waals surface area (Å²) >= 11 is 1.07. The van der Waals surface area contributed by atoms with Gasteiger partial charge < -0.3 is 9.84 Å². The van der Waals surface area contributed by atoms with Crippen LogP contribution in [0.1, 0.15) is 26.4 Å². The van der Waals surface area contributed by atoms with E-state index in [-0.39, 0.29) is 41.1 Å². The number of thiazole rings is 1. The van der Waals surface area contributed by atoms with Crippen molar-refractivity contribution in [1.29, 1.82) is 5.41 Å². The lowest BCUT2D eigenvalue weighted by molar-refractivity contribution is -0.0976. The Morgan fingerprint density at radius 3 is 2.50 bits per heavy atom. The molecule has 0 saturated carbocycles. The second kappa shape index (κ2) is 7.29. The molecule has 0 unspecified atom stereocenters. The quantitative estimate of drug-likeness (QED) is 0.299. The van der Waals surface area contributed by atoms with Crippen molar-refractivity contribution in [2.24, 2.45) is 0 Å². The smallest absolute Gasteiger partial charge is 0.410 e. The maximum atomic E-state index is 12.1. The highest BCUT2D eigenvalue weighted by Crippen LogP contribution is 2.22. The number of fused-ring (bicyclic) bond motifs is 1. The molecular formula is C15H12N4O6S. The molecule has 0 fully saturated rings. The van der Waals surface area contributed by atoms with E-state index in [0.717, 1.165) is 11.3 Å². The summed E-state index contributed by atoms with van der Waals surface area (Å²) in [5, 5.41) is 20.3. The molecule has 0 saturated heterocycles. The van der Waals surface area contributed by atoms with Crippen LogP contribution < -0.4 is 10.1 Å². The van der Waals surface area contributed by atoms with Crippen molar-refractivity contribution in [3.8, 4) is 5.19 Å². The summed E-state index contributed by atoms with van der Waals surface area (Å²) in [6.45, 7) is -0.0781. The van der Waals surface area contributed by atoms with Crippen molar-refractivity contribution >= 4 is 35.1 Å². The number of amidine groups is 1. The van der Waals surface area contributed by atoms with E-state index in [9.17, 15) is 14.4 Å². The molecule has 2 aromatic rings. The van der Waals surface area contributed by atoms with E-state index in [1.165, 1.54) is 5.38 Å². The zero-order chi connectivity index (χ0) is 18.7. The number of rotatable bonds is 6. The molecule has 26 heavy (non-hydrogen) atoms. The summed E-state index contributed by atoms with van der Waals surface area (Å²) in [7, 11) is 0. The molecule has 10 nitrogen and oxygen atoms in total. The highest BCUT2D eigenvalue weighted by molar-refractivity contribution is 7.11. The summed E-state index contributed by atoms with van der Waals surface area (Å²) in [6.07, 6.45) is -1.36. The summed E-state index contributed by atoms with van der Waals surface area (Å²) < 4.78 is 5.31. The molecule has 3 rings (SSSR count). The molecule has 3 amide bonds. The molecule has 0 radical (unpaired) electrons. The van der Waals surface area contributed by atoms with E-state index in [4.69, 9.17) is 20.1 Å². The summed E-state index contributed by atoms with van der Waals surface area (Å²) in [4.78, 5) is 43.8. The van der Waals surface area contributed by atoms with Crippen LogP contribution in [0.25, 0.3) is 0 Å². The lowest BCUT2D eigenvalue weighted by Gasteiger charge is -2.13. The van der Waals surface area contributed by atoms with E-state index in [1.807, 2.05) is 5.32 Å². The highest BCUT2D eigenvalue weighted by Gasteiger charge is 2.36. The highest BCUT2D eigenvalue weighted by atomic mass is 32.1. The van der Waals surface area contributed by atoms with Crippen LogP contribution in [0.15, 0.2) is 29.6 Å². The third-order valence-corrected chi connectivity index (χ3v) is 4.01. The Kier molecular flexibility index (Phi) is 4.91. The number of imide groups is 1. The van der Waals surface area contributed by atoms with Crippen LogP contribution in [0.4, 0.5) is 4.79 Å². The third kappa shape index (κ3) is 3.53. The lowest BCUT2D eigenvalue weighted by atomic mass is 10.1. The van der Waals surface area contributed by atoms with Gasteiger partial charge in [-0.3, -0.25) is 25.2 Å². The largest absolute Gasteiger partial charge is 0.467 e. The number of carbonyl (C=O) groups excluding carboxylic acids is 2. The molecule has 134 valence electrons. The summed E-state index contributed by atoms with van der Waals surface area (Å²) in [5.41, 5.74) is 0.688. The molecule has 0 atom stereocenters. The van der Waals surface area contributed by atoms with Crippen LogP contribution in [0.3, 0.4) is 0 Å². The summed E-state index contributed by atoms with van der Waals surface area (Å²) in [5.74, 6) is -1.43. The van der Waals surface area contributed by atoms with Gasteiger partial charge in [-0.05, 0) is 12.1 Å². The van der Waals surface area contributed by atoms with Gasteiger partial charge in [0.25, 0.3) is 17.0 Å². The normalized spacial score (nSPS) is 12.8. The SMILES string of the molecule is N=C(NC(=O)O)c1csc(OCCON2C(=O)c3ccccc3C2=O)n1. The fourth-order valence-corrected chi connectivity index (χ4v) is 2.84. The van der Waals surface area contributed by atoms with E-state index in [2.05, 4.69) is 4.98 Å². The van der Waals surface area contributed by atoms with Crippen LogP contribution >= 0.6 is 11.3 Å². The molecule has 0 bridgehead atoms. The Hall–Kier alpha value is -3.31. The van der Waals surface area contributed by atoms with Crippen LogP contribution in [0.2, 0.25) is 0 Å². The first-order valence-corrected chi connectivity index (χ1v) is 8.13. The Labute approximate surface area is 150 Å². The number of ether oxygens (including phenoxy) is 1. The maximum Gasteiger partial charge on any atom is 0.410 e. The average molecular weight is 376 g/mol. The molecule has 1 aliphatic rings. The molecule has 1 aromatic carbocycles. The van der Waals surface area contributed by atoms with Gasteiger partial charge in [0, 0.05) is 5.38 Å². The molecule has 11 heteroatoms. The van der Waals surface area contributed by atoms with Crippen molar-refractivity contribution in [3.63, 3.8) is 0 Å². The van der Waals surface area contributed by atoms with Gasteiger partial charge >= 0.3 is 6.09 Å². The number of amides is 3. The molecule has 0 spiro atoms. The minimum absolute atomic E-state index is 0.0000506. The number of aromatic nitrogens is 1. The number of nitrogens with zero attached hydrogens (tertiary/aromatic N) is 2. The van der Waals surface area contributed by atoms with Gasteiger partial charge in [-0.2, -0.15) is 4.98 Å². The van der Waals surface area contributed by atoms with Gasteiger partial charge in [0.2, 0.25) is 0 Å². The average Bonchev–Trinajstić information content (AvgIpc) is 3.17. The van der Waals surface area contributed by atoms with Gasteiger partial charge in [0.1, 0.15) is 18.9 Å². The maximum absolute atomic E-state index is 12.1. The van der Waals surface area contributed by atoms with Gasteiger partial charge in [-0.15, -0.1) is 5.06 Å². The Morgan fingerprint density at radius 1 is 1.23 bits per heavy atom. The standard InChI is InChI=1S/C15H12N4O6S/c16-11(18-14(22)23)10-7-26-15(17-10)24-5-6-25-19-12(20)8-3-1-2-4-9(8)13(19)21/h1-4,7H,5-6H2,(H2,16,18)(H,22,23). The fourth-order valence-electron chi connectivity index (χ4n) is 2.15. The fraction of sp³-hybridized carbons (Fsp3) is 0.133. The van der Waals surface area contributed by atoms with Gasteiger partial charge in [-0.25, -0.2) is 4.79 Å². The number of benzene rings is 1. The minimum Gasteiger partial charge on any atom is -0.467 e. The zero-order valence-electron chi connectivity index (χ0n) is 13.1. The van der Waals surface area contributed by atoms with Crippen LogP contribution in [0.5, 0.6) is 5.19 Å². The lowest BCUT2D eigenvalue weighted by Crippen LogP contribution is -2.31. The molecular weight excluding hydrogens is 364 g/mol. The van der Waals surface area contributed by atoms with Gasteiger partial charge in [0.05, 0.1) is 11.1 Å². The number of hydrogen-bond acceptors (Lipinski definition) is 8. The van der Waals surface area contributed by atoms with Crippen molar-refractivity contribution in [3.05, 3.63) is 46.5 Å². The Balaban J connectivity index is 1.49. The third-order valence-electron chi connectivity index (χ3n) is 3.26. The first kappa shape index (κ1) is 17.5. The summed E-state index contributed by atoms with van der Waals surface area (Å²) in [6, 6.07) is 6.42. The van der Waals surface area contributed by atoms with Crippen molar-refractivity contribution < 1.29 is 29.1 Å². The van der Waals surface area contributed by atoms with E-state index < -0.39 is 17.9 Å². The number of carbonyl (C=O) groups is 3. The van der Waals surface area contributed by atoms with Gasteiger partial charge in [-0.1, -0.05) is 23.5 Å².